The van der Waals surface area contributed by atoms with Crippen molar-refractivity contribution in [2.75, 3.05) is 6.61 Å². The third-order valence-corrected chi connectivity index (χ3v) is 2.55. The zero-order chi connectivity index (χ0) is 13.7. The fourth-order valence-corrected chi connectivity index (χ4v) is 1.57. The van der Waals surface area contributed by atoms with Gasteiger partial charge in [-0.2, -0.15) is 5.26 Å². The largest absolute Gasteiger partial charge is 0.466 e. The average Bonchev–Trinajstić information content (AvgIpc) is 2.31. The van der Waals surface area contributed by atoms with Crippen molar-refractivity contribution in [3.63, 3.8) is 0 Å². The minimum absolute atomic E-state index is 0.0369. The molecule has 0 fully saturated rings. The van der Waals surface area contributed by atoms with E-state index in [1.807, 2.05) is 0 Å². The third-order valence-electron chi connectivity index (χ3n) is 2.10. The topological polar surface area (TPSA) is 93.2 Å². The molecule has 0 saturated carbocycles. The van der Waals surface area contributed by atoms with Crippen LogP contribution in [0.5, 0.6) is 0 Å². The van der Waals surface area contributed by atoms with Gasteiger partial charge in [0.2, 0.25) is 0 Å². The minimum atomic E-state index is -0.647. The first-order chi connectivity index (χ1) is 8.49. The molecule has 1 aromatic carbocycles. The second-order valence-electron chi connectivity index (χ2n) is 3.32. The quantitative estimate of drug-likeness (QED) is 0.474. The van der Waals surface area contributed by atoms with Crippen molar-refractivity contribution in [1.82, 2.24) is 0 Å². The van der Waals surface area contributed by atoms with Gasteiger partial charge in [0.25, 0.3) is 5.69 Å². The summed E-state index contributed by atoms with van der Waals surface area (Å²) < 4.78 is 4.72. The van der Waals surface area contributed by atoms with E-state index in [1.165, 1.54) is 6.07 Å². The van der Waals surface area contributed by atoms with Crippen LogP contribution in [0.1, 0.15) is 18.1 Å². The number of hydrogen-bond acceptors (Lipinski definition) is 5. The van der Waals surface area contributed by atoms with Crippen LogP contribution in [0.4, 0.5) is 5.69 Å². The van der Waals surface area contributed by atoms with E-state index in [4.69, 9.17) is 21.6 Å². The molecular weight excluding hydrogens is 260 g/mol. The normalized spacial score (nSPS) is 9.61. The lowest BCUT2D eigenvalue weighted by atomic mass is 10.1. The smallest absolute Gasteiger partial charge is 0.310 e. The molecule has 0 spiro atoms. The molecule has 0 aliphatic carbocycles. The number of nitrogens with zero attached hydrogens (tertiary/aromatic N) is 2. The summed E-state index contributed by atoms with van der Waals surface area (Å²) in [5.41, 5.74) is -0.110. The molecule has 0 heterocycles. The van der Waals surface area contributed by atoms with Crippen molar-refractivity contribution in [2.45, 2.75) is 13.3 Å². The summed E-state index contributed by atoms with van der Waals surface area (Å²) in [5, 5.41) is 19.5. The standard InChI is InChI=1S/C11H9ClN2O4/c1-2-18-10(15)5-7-3-9(14(16)17)4-8(6-13)11(7)12/h3-4H,2,5H2,1H3. The van der Waals surface area contributed by atoms with Crippen molar-refractivity contribution in [3.8, 4) is 6.07 Å². The van der Waals surface area contributed by atoms with Crippen LogP contribution in [0, 0.1) is 21.4 Å². The second-order valence-corrected chi connectivity index (χ2v) is 3.70. The molecule has 1 rings (SSSR count). The number of hydrogen-bond donors (Lipinski definition) is 0. The Morgan fingerprint density at radius 1 is 1.61 bits per heavy atom. The number of nitriles is 1. The Hall–Kier alpha value is -2.13. The van der Waals surface area contributed by atoms with Crippen molar-refractivity contribution in [2.24, 2.45) is 0 Å². The number of nitro benzene ring substituents is 1. The fraction of sp³-hybridized carbons (Fsp3) is 0.273. The van der Waals surface area contributed by atoms with E-state index in [0.29, 0.717) is 0 Å². The van der Waals surface area contributed by atoms with Crippen LogP contribution < -0.4 is 0 Å². The maximum Gasteiger partial charge on any atom is 0.310 e. The number of nitro groups is 1. The molecule has 0 saturated heterocycles. The van der Waals surface area contributed by atoms with E-state index in [-0.39, 0.29) is 34.9 Å². The monoisotopic (exact) mass is 268 g/mol. The highest BCUT2D eigenvalue weighted by Crippen LogP contribution is 2.27. The lowest BCUT2D eigenvalue weighted by molar-refractivity contribution is -0.384. The summed E-state index contributed by atoms with van der Waals surface area (Å²) >= 11 is 5.88. The molecule has 94 valence electrons. The number of rotatable bonds is 4. The highest BCUT2D eigenvalue weighted by Gasteiger charge is 2.17. The Labute approximate surface area is 108 Å². The molecular formula is C11H9ClN2O4. The molecule has 0 unspecified atom stereocenters. The predicted octanol–water partition coefficient (Wildman–Crippen LogP) is 2.23. The van der Waals surface area contributed by atoms with E-state index in [9.17, 15) is 14.9 Å². The van der Waals surface area contributed by atoms with Crippen LogP contribution >= 0.6 is 11.6 Å². The van der Waals surface area contributed by atoms with Crippen LogP contribution in [0.15, 0.2) is 12.1 Å². The minimum Gasteiger partial charge on any atom is -0.466 e. The van der Waals surface area contributed by atoms with Gasteiger partial charge in [-0.05, 0) is 12.5 Å². The first-order valence-corrected chi connectivity index (χ1v) is 5.40. The second kappa shape index (κ2) is 5.98. The Morgan fingerprint density at radius 3 is 2.78 bits per heavy atom. The Morgan fingerprint density at radius 2 is 2.28 bits per heavy atom. The van der Waals surface area contributed by atoms with Gasteiger partial charge in [-0.1, -0.05) is 11.6 Å². The SMILES string of the molecule is CCOC(=O)Cc1cc([N+](=O)[O-])cc(C#N)c1Cl. The fourth-order valence-electron chi connectivity index (χ4n) is 1.35. The summed E-state index contributed by atoms with van der Waals surface area (Å²) in [6.07, 6.45) is -0.205. The van der Waals surface area contributed by atoms with Gasteiger partial charge in [0, 0.05) is 12.1 Å². The van der Waals surface area contributed by atoms with E-state index < -0.39 is 10.9 Å². The number of halogens is 1. The Balaban J connectivity index is 3.18. The van der Waals surface area contributed by atoms with Gasteiger partial charge < -0.3 is 4.74 Å². The number of carbonyl (C=O) groups excluding carboxylic acids is 1. The van der Waals surface area contributed by atoms with Crippen LogP contribution in [-0.2, 0) is 16.0 Å². The average molecular weight is 269 g/mol. The Kier molecular flexibility index (Phi) is 4.63. The molecule has 18 heavy (non-hydrogen) atoms. The summed E-state index contributed by atoms with van der Waals surface area (Å²) in [5.74, 6) is -0.552. The highest BCUT2D eigenvalue weighted by atomic mass is 35.5. The molecule has 1 aromatic rings. The van der Waals surface area contributed by atoms with Gasteiger partial charge in [-0.3, -0.25) is 14.9 Å². The van der Waals surface area contributed by atoms with Gasteiger partial charge >= 0.3 is 5.97 Å². The molecule has 0 atom stereocenters. The zero-order valence-electron chi connectivity index (χ0n) is 9.47. The maximum absolute atomic E-state index is 11.3. The number of esters is 1. The lowest BCUT2D eigenvalue weighted by Crippen LogP contribution is -2.08. The number of ether oxygens (including phenoxy) is 1. The molecule has 0 radical (unpaired) electrons. The van der Waals surface area contributed by atoms with Crippen LogP contribution in [0.3, 0.4) is 0 Å². The van der Waals surface area contributed by atoms with Crippen LogP contribution in [0.25, 0.3) is 0 Å². The molecule has 6 nitrogen and oxygen atoms in total. The van der Waals surface area contributed by atoms with E-state index >= 15 is 0 Å². The molecule has 0 aromatic heterocycles. The van der Waals surface area contributed by atoms with Crippen LogP contribution in [-0.4, -0.2) is 17.5 Å². The van der Waals surface area contributed by atoms with Gasteiger partial charge in [0.05, 0.1) is 28.5 Å². The number of benzene rings is 1. The van der Waals surface area contributed by atoms with Crippen molar-refractivity contribution in [1.29, 1.82) is 5.26 Å². The highest BCUT2D eigenvalue weighted by molar-refractivity contribution is 6.32. The van der Waals surface area contributed by atoms with E-state index in [2.05, 4.69) is 0 Å². The lowest BCUT2D eigenvalue weighted by Gasteiger charge is -2.05. The molecule has 0 aliphatic rings. The first-order valence-electron chi connectivity index (χ1n) is 5.02. The molecule has 0 aliphatic heterocycles. The summed E-state index contributed by atoms with van der Waals surface area (Å²) in [6.45, 7) is 1.85. The van der Waals surface area contributed by atoms with Crippen molar-refractivity contribution in [3.05, 3.63) is 38.4 Å². The maximum atomic E-state index is 11.3. The van der Waals surface area contributed by atoms with Gasteiger partial charge in [-0.15, -0.1) is 0 Å². The summed E-state index contributed by atoms with van der Waals surface area (Å²) in [6, 6.07) is 3.98. The van der Waals surface area contributed by atoms with Crippen molar-refractivity contribution >= 4 is 23.3 Å². The Bertz CT molecular complexity index is 537. The predicted molar refractivity (Wildman–Crippen MR) is 63.2 cm³/mol. The zero-order valence-corrected chi connectivity index (χ0v) is 10.2. The van der Waals surface area contributed by atoms with E-state index in [0.717, 1.165) is 6.07 Å². The van der Waals surface area contributed by atoms with Gasteiger partial charge in [0.1, 0.15) is 6.07 Å². The molecule has 0 bridgehead atoms. The summed E-state index contributed by atoms with van der Waals surface area (Å²) in [4.78, 5) is 21.3. The number of carbonyl (C=O) groups is 1. The van der Waals surface area contributed by atoms with Gasteiger partial charge in [-0.25, -0.2) is 0 Å². The third kappa shape index (κ3) is 3.18. The molecule has 0 N–H and O–H groups in total. The molecule has 0 amide bonds. The van der Waals surface area contributed by atoms with E-state index in [1.54, 1.807) is 13.0 Å². The van der Waals surface area contributed by atoms with Crippen molar-refractivity contribution < 1.29 is 14.5 Å². The molecule has 7 heteroatoms. The first kappa shape index (κ1) is 13.9. The number of non-ortho nitro benzene ring substituents is 1. The van der Waals surface area contributed by atoms with Crippen LogP contribution in [0.2, 0.25) is 5.02 Å². The summed E-state index contributed by atoms with van der Waals surface area (Å²) in [7, 11) is 0. The van der Waals surface area contributed by atoms with Gasteiger partial charge in [0.15, 0.2) is 0 Å².